The second-order valence-electron chi connectivity index (χ2n) is 7.03. The molecule has 0 aliphatic heterocycles. The number of halogens is 1. The Balaban J connectivity index is 1.57. The second-order valence-corrected chi connectivity index (χ2v) is 8.42. The summed E-state index contributed by atoms with van der Waals surface area (Å²) in [6.45, 7) is 0. The Bertz CT molecular complexity index is 1010. The Hall–Kier alpha value is -1.87. The van der Waals surface area contributed by atoms with Crippen molar-refractivity contribution in [2.24, 2.45) is 0 Å². The average Bonchev–Trinajstić information content (AvgIpc) is 2.67. The highest BCUT2D eigenvalue weighted by atomic mass is 127. The van der Waals surface area contributed by atoms with E-state index in [9.17, 15) is 0 Å². The first-order valence-corrected chi connectivity index (χ1v) is 10.1. The van der Waals surface area contributed by atoms with Gasteiger partial charge >= 0.3 is 0 Å². The third-order valence-corrected chi connectivity index (χ3v) is 6.35. The fourth-order valence-electron chi connectivity index (χ4n) is 4.15. The topological polar surface area (TPSA) is 0 Å². The molecule has 0 N–H and O–H groups in total. The lowest BCUT2D eigenvalue weighted by Crippen LogP contribution is -2.04. The first-order chi connectivity index (χ1) is 12.3. The van der Waals surface area contributed by atoms with E-state index in [1.54, 1.807) is 0 Å². The van der Waals surface area contributed by atoms with Crippen LogP contribution in [0.25, 0.3) is 28.3 Å². The highest BCUT2D eigenvalue weighted by molar-refractivity contribution is 14.1. The molecule has 0 radical (unpaired) electrons. The number of hydrogen-bond acceptors (Lipinski definition) is 0. The van der Waals surface area contributed by atoms with Gasteiger partial charge in [-0.1, -0.05) is 60.7 Å². The summed E-state index contributed by atoms with van der Waals surface area (Å²) in [4.78, 5) is 0. The summed E-state index contributed by atoms with van der Waals surface area (Å²) >= 11 is 2.46. The van der Waals surface area contributed by atoms with Crippen LogP contribution >= 0.6 is 22.6 Å². The molecule has 25 heavy (non-hydrogen) atoms. The summed E-state index contributed by atoms with van der Waals surface area (Å²) in [5.41, 5.74) is 11.4. The van der Waals surface area contributed by atoms with Crippen LogP contribution in [0, 0.1) is 0 Å². The third-order valence-electron chi connectivity index (χ3n) is 5.50. The van der Waals surface area contributed by atoms with Gasteiger partial charge in [0.15, 0.2) is 0 Å². The molecule has 0 bridgehead atoms. The summed E-state index contributed by atoms with van der Waals surface area (Å²) in [6, 6.07) is 22.8. The SMILES string of the molecule is IC1=Cc2ccc(-c3ccc4c(c3)CCc3ccccc3-4)cc2CC1. The average molecular weight is 434 g/mol. The van der Waals surface area contributed by atoms with Crippen molar-refractivity contribution in [1.82, 2.24) is 0 Å². The summed E-state index contributed by atoms with van der Waals surface area (Å²) in [5, 5.41) is 0. The molecule has 0 heterocycles. The largest absolute Gasteiger partial charge is 0.0620 e. The number of benzene rings is 3. The molecule has 0 aromatic heterocycles. The third kappa shape index (κ3) is 2.75. The zero-order chi connectivity index (χ0) is 16.8. The molecule has 2 aliphatic carbocycles. The van der Waals surface area contributed by atoms with E-state index in [1.807, 2.05) is 0 Å². The molecule has 3 aromatic carbocycles. The van der Waals surface area contributed by atoms with E-state index in [2.05, 4.69) is 89.3 Å². The van der Waals surface area contributed by atoms with Gasteiger partial charge in [-0.15, -0.1) is 0 Å². The monoisotopic (exact) mass is 434 g/mol. The molecule has 0 nitrogen and oxygen atoms in total. The molecule has 5 rings (SSSR count). The van der Waals surface area contributed by atoms with E-state index < -0.39 is 0 Å². The molecule has 0 fully saturated rings. The lowest BCUT2D eigenvalue weighted by atomic mass is 9.84. The maximum absolute atomic E-state index is 2.46. The Kier molecular flexibility index (Phi) is 3.78. The van der Waals surface area contributed by atoms with Crippen LogP contribution in [0.3, 0.4) is 0 Å². The van der Waals surface area contributed by atoms with Gasteiger partial charge in [-0.25, -0.2) is 0 Å². The van der Waals surface area contributed by atoms with Crippen molar-refractivity contribution in [3.63, 3.8) is 0 Å². The molecular formula is C24H19I. The van der Waals surface area contributed by atoms with Crippen LogP contribution in [0.2, 0.25) is 0 Å². The van der Waals surface area contributed by atoms with Crippen molar-refractivity contribution in [1.29, 1.82) is 0 Å². The lowest BCUT2D eigenvalue weighted by Gasteiger charge is -2.21. The van der Waals surface area contributed by atoms with Crippen LogP contribution in [0.15, 0.2) is 64.2 Å². The van der Waals surface area contributed by atoms with Crippen molar-refractivity contribution in [3.05, 3.63) is 86.5 Å². The molecule has 0 atom stereocenters. The minimum absolute atomic E-state index is 1.14. The van der Waals surface area contributed by atoms with Crippen LogP contribution in [0.4, 0.5) is 0 Å². The van der Waals surface area contributed by atoms with E-state index in [1.165, 1.54) is 54.5 Å². The van der Waals surface area contributed by atoms with Gasteiger partial charge in [0.2, 0.25) is 0 Å². The van der Waals surface area contributed by atoms with Gasteiger partial charge in [-0.2, -0.15) is 0 Å². The van der Waals surface area contributed by atoms with Crippen molar-refractivity contribution >= 4 is 28.7 Å². The number of allylic oxidation sites excluding steroid dienone is 1. The zero-order valence-corrected chi connectivity index (χ0v) is 16.2. The molecule has 3 aromatic rings. The number of rotatable bonds is 1. The van der Waals surface area contributed by atoms with Gasteiger partial charge in [-0.05, 0) is 102 Å². The molecular weight excluding hydrogens is 415 g/mol. The van der Waals surface area contributed by atoms with Crippen LogP contribution < -0.4 is 0 Å². The number of fused-ring (bicyclic) bond motifs is 4. The van der Waals surface area contributed by atoms with Gasteiger partial charge in [0.05, 0.1) is 0 Å². The maximum Gasteiger partial charge on any atom is -0.00847 e. The van der Waals surface area contributed by atoms with Gasteiger partial charge in [0, 0.05) is 0 Å². The summed E-state index contributed by atoms with van der Waals surface area (Å²) < 4.78 is 1.46. The smallest absolute Gasteiger partial charge is 0.00847 e. The summed E-state index contributed by atoms with van der Waals surface area (Å²) in [5.74, 6) is 0. The van der Waals surface area contributed by atoms with Crippen molar-refractivity contribution in [2.45, 2.75) is 25.7 Å². The molecule has 122 valence electrons. The van der Waals surface area contributed by atoms with Crippen molar-refractivity contribution < 1.29 is 0 Å². The number of hydrogen-bond donors (Lipinski definition) is 0. The fourth-order valence-corrected chi connectivity index (χ4v) is 4.76. The van der Waals surface area contributed by atoms with Gasteiger partial charge in [0.25, 0.3) is 0 Å². The van der Waals surface area contributed by atoms with Crippen LogP contribution in [-0.4, -0.2) is 0 Å². The minimum Gasteiger partial charge on any atom is -0.0620 e. The minimum atomic E-state index is 1.14. The first kappa shape index (κ1) is 15.4. The number of aryl methyl sites for hydroxylation is 3. The Morgan fingerprint density at radius 1 is 0.600 bits per heavy atom. The zero-order valence-electron chi connectivity index (χ0n) is 14.1. The van der Waals surface area contributed by atoms with E-state index in [4.69, 9.17) is 0 Å². The van der Waals surface area contributed by atoms with Crippen molar-refractivity contribution in [3.8, 4) is 22.3 Å². The summed E-state index contributed by atoms with van der Waals surface area (Å²) in [6.07, 6.45) is 6.97. The Morgan fingerprint density at radius 2 is 1.28 bits per heavy atom. The van der Waals surface area contributed by atoms with Crippen LogP contribution in [-0.2, 0) is 19.3 Å². The quantitative estimate of drug-likeness (QED) is 0.368. The Labute approximate surface area is 162 Å². The highest BCUT2D eigenvalue weighted by Gasteiger charge is 2.16. The molecule has 0 spiro atoms. The summed E-state index contributed by atoms with van der Waals surface area (Å²) in [7, 11) is 0. The molecule has 0 saturated carbocycles. The molecule has 2 aliphatic rings. The fraction of sp³-hybridized carbons (Fsp3) is 0.167. The van der Waals surface area contributed by atoms with Crippen LogP contribution in [0.5, 0.6) is 0 Å². The van der Waals surface area contributed by atoms with Crippen molar-refractivity contribution in [2.75, 3.05) is 0 Å². The second kappa shape index (κ2) is 6.14. The maximum atomic E-state index is 2.46. The molecule has 0 unspecified atom stereocenters. The normalized spacial score (nSPS) is 15.0. The Morgan fingerprint density at radius 3 is 2.20 bits per heavy atom. The van der Waals surface area contributed by atoms with E-state index in [0.717, 1.165) is 19.3 Å². The predicted octanol–water partition coefficient (Wildman–Crippen LogP) is 6.84. The highest BCUT2D eigenvalue weighted by Crippen LogP contribution is 2.37. The molecule has 0 amide bonds. The van der Waals surface area contributed by atoms with Crippen LogP contribution in [0.1, 0.15) is 28.7 Å². The molecule has 1 heteroatoms. The predicted molar refractivity (Wildman–Crippen MR) is 115 cm³/mol. The van der Waals surface area contributed by atoms with Gasteiger partial charge in [-0.3, -0.25) is 0 Å². The standard InChI is InChI=1S/C24H19I/c25-22-11-9-18-13-17(6-7-20(18)15-22)19-10-12-24-21(14-19)8-5-16-3-1-2-4-23(16)24/h1-4,6-7,10,12-15H,5,8-9,11H2. The van der Waals surface area contributed by atoms with Gasteiger partial charge in [0.1, 0.15) is 0 Å². The van der Waals surface area contributed by atoms with E-state index >= 15 is 0 Å². The van der Waals surface area contributed by atoms with E-state index in [-0.39, 0.29) is 0 Å². The lowest BCUT2D eigenvalue weighted by molar-refractivity contribution is 0.942. The first-order valence-electron chi connectivity index (χ1n) is 8.98. The van der Waals surface area contributed by atoms with E-state index in [0.29, 0.717) is 0 Å². The van der Waals surface area contributed by atoms with Gasteiger partial charge < -0.3 is 0 Å². The molecule has 0 saturated heterocycles.